The Kier molecular flexibility index (Phi) is 6.07. The molecule has 1 unspecified atom stereocenters. The maximum atomic E-state index is 12.2. The van der Waals surface area contributed by atoms with Gasteiger partial charge in [-0.05, 0) is 31.0 Å². The van der Waals surface area contributed by atoms with Gasteiger partial charge >= 0.3 is 0 Å². The molecule has 1 atom stereocenters. The lowest BCUT2D eigenvalue weighted by molar-refractivity contribution is -0.119. The molecule has 134 valence electrons. The van der Waals surface area contributed by atoms with Gasteiger partial charge in [0, 0.05) is 24.5 Å². The van der Waals surface area contributed by atoms with Gasteiger partial charge in [-0.2, -0.15) is 0 Å². The molecule has 2 aromatic heterocycles. The van der Waals surface area contributed by atoms with E-state index in [9.17, 15) is 4.79 Å². The third-order valence-corrected chi connectivity index (χ3v) is 4.95. The molecule has 2 N–H and O–H groups in total. The van der Waals surface area contributed by atoms with Gasteiger partial charge < -0.3 is 10.3 Å². The Morgan fingerprint density at radius 1 is 1.23 bits per heavy atom. The molecule has 3 rings (SSSR count). The molecular weight excluding hydrogens is 344 g/mol. The van der Waals surface area contributed by atoms with E-state index in [2.05, 4.69) is 32.4 Å². The molecule has 3 aromatic rings. The van der Waals surface area contributed by atoms with Crippen molar-refractivity contribution in [2.24, 2.45) is 0 Å². The quantitative estimate of drug-likeness (QED) is 0.626. The number of hydrogen-bond donors (Lipinski definition) is 2. The smallest absolute Gasteiger partial charge is 0.230 e. The number of aromatic nitrogens is 3. The van der Waals surface area contributed by atoms with Crippen molar-refractivity contribution in [3.05, 3.63) is 77.4 Å². The summed E-state index contributed by atoms with van der Waals surface area (Å²) in [7, 11) is 0. The molecule has 1 aromatic carbocycles. The Morgan fingerprint density at radius 3 is 2.77 bits per heavy atom. The largest absolute Gasteiger partial charge is 0.349 e. The zero-order chi connectivity index (χ0) is 18.4. The molecule has 0 aliphatic carbocycles. The van der Waals surface area contributed by atoms with Crippen LogP contribution in [0.15, 0.2) is 60.0 Å². The van der Waals surface area contributed by atoms with E-state index >= 15 is 0 Å². The number of carbonyl (C=O) groups excluding carboxylic acids is 1. The summed E-state index contributed by atoms with van der Waals surface area (Å²) in [6.07, 6.45) is 4.28. The van der Waals surface area contributed by atoms with Crippen molar-refractivity contribution in [3.63, 3.8) is 0 Å². The van der Waals surface area contributed by atoms with Gasteiger partial charge in [-0.1, -0.05) is 48.2 Å². The van der Waals surface area contributed by atoms with Crippen molar-refractivity contribution in [2.45, 2.75) is 31.5 Å². The summed E-state index contributed by atoms with van der Waals surface area (Å²) in [6, 6.07) is 14.0. The summed E-state index contributed by atoms with van der Waals surface area (Å²) < 4.78 is 0. The molecule has 0 aliphatic heterocycles. The van der Waals surface area contributed by atoms with Crippen LogP contribution >= 0.6 is 11.8 Å². The Hall–Kier alpha value is -2.60. The average Bonchev–Trinajstić information content (AvgIpc) is 3.01. The summed E-state index contributed by atoms with van der Waals surface area (Å²) in [5.41, 5.74) is 4.27. The minimum Gasteiger partial charge on any atom is -0.349 e. The lowest BCUT2D eigenvalue weighted by atomic mass is 10.1. The van der Waals surface area contributed by atoms with Gasteiger partial charge in [0.2, 0.25) is 5.91 Å². The lowest BCUT2D eigenvalue weighted by Crippen LogP contribution is -2.28. The number of amides is 1. The normalized spacial score (nSPS) is 11.9. The number of pyridine rings is 1. The topological polar surface area (TPSA) is 70.7 Å². The second-order valence-corrected chi connectivity index (χ2v) is 7.10. The van der Waals surface area contributed by atoms with Gasteiger partial charge in [0.15, 0.2) is 5.16 Å². The van der Waals surface area contributed by atoms with Crippen LogP contribution in [0.5, 0.6) is 0 Å². The Morgan fingerprint density at radius 2 is 2.04 bits per heavy atom. The zero-order valence-corrected chi connectivity index (χ0v) is 15.7. The number of imidazole rings is 1. The van der Waals surface area contributed by atoms with Crippen LogP contribution in [0, 0.1) is 6.92 Å². The number of H-pyrrole nitrogens is 1. The number of aryl methyl sites for hydroxylation is 1. The predicted octanol–water partition coefficient (Wildman–Crippen LogP) is 3.67. The maximum absolute atomic E-state index is 12.2. The molecule has 26 heavy (non-hydrogen) atoms. The highest BCUT2D eigenvalue weighted by Gasteiger charge is 2.12. The highest BCUT2D eigenvalue weighted by molar-refractivity contribution is 7.99. The number of hydrogen-bond acceptors (Lipinski definition) is 4. The van der Waals surface area contributed by atoms with E-state index < -0.39 is 0 Å². The van der Waals surface area contributed by atoms with E-state index in [0.717, 1.165) is 28.5 Å². The monoisotopic (exact) mass is 366 g/mol. The average molecular weight is 366 g/mol. The molecule has 1 amide bonds. The summed E-state index contributed by atoms with van der Waals surface area (Å²) in [5, 5.41) is 3.76. The van der Waals surface area contributed by atoms with Crippen molar-refractivity contribution >= 4 is 17.7 Å². The first kappa shape index (κ1) is 18.2. The maximum Gasteiger partial charge on any atom is 0.230 e. The number of nitrogens with one attached hydrogen (secondary N) is 2. The summed E-state index contributed by atoms with van der Waals surface area (Å²) in [6.45, 7) is 3.97. The molecular formula is C20H22N4OS. The Bertz CT molecular complexity index is 849. The van der Waals surface area contributed by atoms with Crippen molar-refractivity contribution in [1.29, 1.82) is 0 Å². The van der Waals surface area contributed by atoms with Crippen LogP contribution in [-0.2, 0) is 11.2 Å². The minimum absolute atomic E-state index is 0.0231. The molecule has 6 heteroatoms. The molecule has 0 bridgehead atoms. The van der Waals surface area contributed by atoms with E-state index in [4.69, 9.17) is 0 Å². The summed E-state index contributed by atoms with van der Waals surface area (Å²) in [4.78, 5) is 24.2. The molecule has 0 aliphatic rings. The standard InChI is InChI=1S/C20H22N4OS/c1-14(17-9-6-10-21-12-17)22-19(25)13-26-20-23-15(2)18(24-20)11-16-7-4-3-5-8-16/h3-10,12,14H,11,13H2,1-2H3,(H,22,25)(H,23,24). The Balaban J connectivity index is 1.53. The second-order valence-electron chi connectivity index (χ2n) is 6.14. The van der Waals surface area contributed by atoms with Crippen LogP contribution in [-0.4, -0.2) is 26.6 Å². The number of thioether (sulfide) groups is 1. The van der Waals surface area contributed by atoms with Crippen molar-refractivity contribution < 1.29 is 4.79 Å². The first-order valence-electron chi connectivity index (χ1n) is 8.53. The van der Waals surface area contributed by atoms with Crippen LogP contribution in [0.2, 0.25) is 0 Å². The van der Waals surface area contributed by atoms with Gasteiger partial charge in [0.25, 0.3) is 0 Å². The van der Waals surface area contributed by atoms with E-state index in [0.29, 0.717) is 5.75 Å². The summed E-state index contributed by atoms with van der Waals surface area (Å²) >= 11 is 1.42. The van der Waals surface area contributed by atoms with Gasteiger partial charge in [-0.25, -0.2) is 4.98 Å². The fraction of sp³-hybridized carbons (Fsp3) is 0.250. The van der Waals surface area contributed by atoms with E-state index in [1.54, 1.807) is 12.4 Å². The zero-order valence-electron chi connectivity index (χ0n) is 14.9. The van der Waals surface area contributed by atoms with E-state index in [1.165, 1.54) is 17.3 Å². The van der Waals surface area contributed by atoms with Gasteiger partial charge in [0.1, 0.15) is 0 Å². The van der Waals surface area contributed by atoms with Crippen LogP contribution < -0.4 is 5.32 Å². The highest BCUT2D eigenvalue weighted by Crippen LogP contribution is 2.19. The minimum atomic E-state index is -0.0659. The van der Waals surface area contributed by atoms with E-state index in [1.807, 2.05) is 44.2 Å². The SMILES string of the molecule is Cc1[nH]c(SCC(=O)NC(C)c2cccnc2)nc1Cc1ccccc1. The van der Waals surface area contributed by atoms with E-state index in [-0.39, 0.29) is 11.9 Å². The van der Waals surface area contributed by atoms with Gasteiger partial charge in [0.05, 0.1) is 17.5 Å². The van der Waals surface area contributed by atoms with Crippen LogP contribution in [0.25, 0.3) is 0 Å². The van der Waals surface area contributed by atoms with Crippen molar-refractivity contribution in [2.75, 3.05) is 5.75 Å². The molecule has 0 fully saturated rings. The fourth-order valence-corrected chi connectivity index (χ4v) is 3.38. The molecule has 0 saturated heterocycles. The third kappa shape index (κ3) is 4.95. The highest BCUT2D eigenvalue weighted by atomic mass is 32.2. The van der Waals surface area contributed by atoms with Crippen molar-refractivity contribution in [3.8, 4) is 0 Å². The number of carbonyl (C=O) groups is 1. The van der Waals surface area contributed by atoms with Crippen LogP contribution in [0.3, 0.4) is 0 Å². The number of benzene rings is 1. The molecule has 0 spiro atoms. The fourth-order valence-electron chi connectivity index (χ4n) is 2.63. The first-order chi connectivity index (χ1) is 12.6. The number of nitrogens with zero attached hydrogens (tertiary/aromatic N) is 2. The molecule has 5 nitrogen and oxygen atoms in total. The van der Waals surface area contributed by atoms with Crippen LogP contribution in [0.4, 0.5) is 0 Å². The predicted molar refractivity (Wildman–Crippen MR) is 104 cm³/mol. The van der Waals surface area contributed by atoms with Crippen LogP contribution in [0.1, 0.15) is 35.5 Å². The second kappa shape index (κ2) is 8.67. The Labute approximate surface area is 157 Å². The summed E-state index contributed by atoms with van der Waals surface area (Å²) in [5.74, 6) is 0.299. The number of rotatable bonds is 7. The third-order valence-electron chi connectivity index (χ3n) is 4.08. The number of aromatic amines is 1. The molecule has 0 radical (unpaired) electrons. The van der Waals surface area contributed by atoms with Crippen molar-refractivity contribution in [1.82, 2.24) is 20.3 Å². The van der Waals surface area contributed by atoms with Gasteiger partial charge in [-0.3, -0.25) is 9.78 Å². The molecule has 2 heterocycles. The lowest BCUT2D eigenvalue weighted by Gasteiger charge is -2.13. The van der Waals surface area contributed by atoms with Gasteiger partial charge in [-0.15, -0.1) is 0 Å². The molecule has 0 saturated carbocycles. The first-order valence-corrected chi connectivity index (χ1v) is 9.52.